The van der Waals surface area contributed by atoms with Gasteiger partial charge in [-0.25, -0.2) is 5.84 Å². The van der Waals surface area contributed by atoms with Gasteiger partial charge in [0.25, 0.3) is 0 Å². The average molecular weight is 241 g/mol. The molecule has 0 fully saturated rings. The molecular formula is C11H19N3O3. The number of hydrogen-bond acceptors (Lipinski definition) is 5. The summed E-state index contributed by atoms with van der Waals surface area (Å²) in [5.41, 5.74) is 2.03. The highest BCUT2D eigenvalue weighted by Crippen LogP contribution is 2.10. The average Bonchev–Trinajstić information content (AvgIpc) is 2.81. The number of nitrogens with two attached hydrogens (primary N) is 1. The summed E-state index contributed by atoms with van der Waals surface area (Å²) >= 11 is 0. The van der Waals surface area contributed by atoms with Crippen LogP contribution in [0.4, 0.5) is 0 Å². The molecule has 0 saturated carbocycles. The highest BCUT2D eigenvalue weighted by atomic mass is 16.5. The van der Waals surface area contributed by atoms with Gasteiger partial charge in [-0.2, -0.15) is 0 Å². The zero-order valence-electron chi connectivity index (χ0n) is 10.2. The fourth-order valence-electron chi connectivity index (χ4n) is 1.45. The van der Waals surface area contributed by atoms with E-state index in [4.69, 9.17) is 15.0 Å². The maximum absolute atomic E-state index is 11.2. The number of furan rings is 1. The van der Waals surface area contributed by atoms with Crippen LogP contribution in [0, 0.1) is 0 Å². The van der Waals surface area contributed by atoms with Crippen molar-refractivity contribution in [2.45, 2.75) is 13.5 Å². The van der Waals surface area contributed by atoms with E-state index in [1.165, 1.54) is 0 Å². The molecule has 0 atom stereocenters. The summed E-state index contributed by atoms with van der Waals surface area (Å²) in [4.78, 5) is 13.3. The van der Waals surface area contributed by atoms with Crippen LogP contribution in [-0.4, -0.2) is 37.6 Å². The molecule has 0 aliphatic heterocycles. The van der Waals surface area contributed by atoms with Gasteiger partial charge in [0.1, 0.15) is 5.76 Å². The summed E-state index contributed by atoms with van der Waals surface area (Å²) < 4.78 is 10.4. The van der Waals surface area contributed by atoms with Crippen molar-refractivity contribution in [3.8, 4) is 0 Å². The number of carbonyl (C=O) groups is 1. The van der Waals surface area contributed by atoms with E-state index < -0.39 is 5.91 Å². The van der Waals surface area contributed by atoms with E-state index in [-0.39, 0.29) is 5.76 Å². The number of rotatable bonds is 7. The molecule has 6 heteroatoms. The van der Waals surface area contributed by atoms with Gasteiger partial charge < -0.3 is 9.15 Å². The molecule has 1 aromatic heterocycles. The summed E-state index contributed by atoms with van der Waals surface area (Å²) in [6.45, 7) is 5.10. The van der Waals surface area contributed by atoms with E-state index >= 15 is 0 Å². The molecule has 0 aromatic carbocycles. The third-order valence-corrected chi connectivity index (χ3v) is 2.45. The largest absolute Gasteiger partial charge is 0.455 e. The minimum atomic E-state index is -0.420. The van der Waals surface area contributed by atoms with Crippen LogP contribution in [0.1, 0.15) is 23.2 Å². The Bertz CT molecular complexity index is 351. The van der Waals surface area contributed by atoms with Gasteiger partial charge in [-0.3, -0.25) is 15.1 Å². The third-order valence-electron chi connectivity index (χ3n) is 2.45. The second-order valence-corrected chi connectivity index (χ2v) is 3.60. The van der Waals surface area contributed by atoms with Gasteiger partial charge in [-0.05, 0) is 18.7 Å². The molecule has 0 unspecified atom stereocenters. The van der Waals surface area contributed by atoms with Gasteiger partial charge in [0, 0.05) is 13.7 Å². The number of carbonyl (C=O) groups excluding carboxylic acids is 1. The first-order valence-electron chi connectivity index (χ1n) is 5.52. The summed E-state index contributed by atoms with van der Waals surface area (Å²) in [6.07, 6.45) is 0. The second kappa shape index (κ2) is 7.05. The molecule has 96 valence electrons. The lowest BCUT2D eigenvalue weighted by Gasteiger charge is -2.18. The lowest BCUT2D eigenvalue weighted by atomic mass is 10.3. The maximum Gasteiger partial charge on any atom is 0.300 e. The Morgan fingerprint density at radius 2 is 2.35 bits per heavy atom. The van der Waals surface area contributed by atoms with Gasteiger partial charge in [0.2, 0.25) is 0 Å². The molecule has 1 aromatic rings. The normalized spacial score (nSPS) is 10.8. The fourth-order valence-corrected chi connectivity index (χ4v) is 1.45. The summed E-state index contributed by atoms with van der Waals surface area (Å²) in [5.74, 6) is 5.56. The Kier molecular flexibility index (Phi) is 5.68. The van der Waals surface area contributed by atoms with Crippen LogP contribution in [-0.2, 0) is 11.3 Å². The lowest BCUT2D eigenvalue weighted by molar-refractivity contribution is 0.0920. The molecule has 0 bridgehead atoms. The second-order valence-electron chi connectivity index (χ2n) is 3.60. The highest BCUT2D eigenvalue weighted by Gasteiger charge is 2.11. The molecule has 0 spiro atoms. The molecule has 1 heterocycles. The molecule has 3 N–H and O–H groups in total. The standard InChI is InChI=1S/C11H19N3O3/c1-3-14(6-7-16-2)8-9-4-5-10(17-9)11(15)13-12/h4-5H,3,6-8,12H2,1-2H3,(H,13,15). The molecule has 1 rings (SSSR count). The Labute approximate surface area is 101 Å². The van der Waals surface area contributed by atoms with Crippen molar-refractivity contribution in [1.82, 2.24) is 10.3 Å². The number of nitrogen functional groups attached to an aromatic ring is 1. The Morgan fingerprint density at radius 3 is 2.94 bits per heavy atom. The van der Waals surface area contributed by atoms with E-state index in [2.05, 4.69) is 11.8 Å². The first-order valence-corrected chi connectivity index (χ1v) is 5.52. The SMILES string of the molecule is CCN(CCOC)Cc1ccc(C(=O)NN)o1. The summed E-state index contributed by atoms with van der Waals surface area (Å²) in [6, 6.07) is 3.39. The van der Waals surface area contributed by atoms with Crippen molar-refractivity contribution in [3.05, 3.63) is 23.7 Å². The minimum absolute atomic E-state index is 0.227. The molecule has 0 saturated heterocycles. The van der Waals surface area contributed by atoms with Crippen molar-refractivity contribution in [2.24, 2.45) is 5.84 Å². The number of ether oxygens (including phenoxy) is 1. The van der Waals surface area contributed by atoms with Gasteiger partial charge in [-0.15, -0.1) is 0 Å². The number of nitrogens with zero attached hydrogens (tertiary/aromatic N) is 1. The van der Waals surface area contributed by atoms with Crippen LogP contribution in [0.2, 0.25) is 0 Å². The van der Waals surface area contributed by atoms with Crippen LogP contribution in [0.3, 0.4) is 0 Å². The zero-order chi connectivity index (χ0) is 12.7. The Hall–Kier alpha value is -1.37. The Balaban J connectivity index is 2.54. The van der Waals surface area contributed by atoms with Crippen LogP contribution >= 0.6 is 0 Å². The lowest BCUT2D eigenvalue weighted by Crippen LogP contribution is -2.29. The Morgan fingerprint density at radius 1 is 1.59 bits per heavy atom. The van der Waals surface area contributed by atoms with Crippen molar-refractivity contribution >= 4 is 5.91 Å². The quantitative estimate of drug-likeness (QED) is 0.409. The number of likely N-dealkylation sites (N-methyl/N-ethyl adjacent to an activating group) is 1. The topological polar surface area (TPSA) is 80.7 Å². The van der Waals surface area contributed by atoms with Crippen LogP contribution in [0.15, 0.2) is 16.5 Å². The van der Waals surface area contributed by atoms with E-state index in [9.17, 15) is 4.79 Å². The van der Waals surface area contributed by atoms with Gasteiger partial charge >= 0.3 is 5.91 Å². The molecule has 0 radical (unpaired) electrons. The van der Waals surface area contributed by atoms with E-state index in [1.807, 2.05) is 5.43 Å². The van der Waals surface area contributed by atoms with E-state index in [0.29, 0.717) is 13.2 Å². The summed E-state index contributed by atoms with van der Waals surface area (Å²) in [5, 5.41) is 0. The monoisotopic (exact) mass is 241 g/mol. The smallest absolute Gasteiger partial charge is 0.300 e. The predicted octanol–water partition coefficient (Wildman–Crippen LogP) is 0.351. The highest BCUT2D eigenvalue weighted by molar-refractivity contribution is 5.90. The molecule has 6 nitrogen and oxygen atoms in total. The summed E-state index contributed by atoms with van der Waals surface area (Å²) in [7, 11) is 1.67. The first-order chi connectivity index (χ1) is 8.21. The number of nitrogens with one attached hydrogen (secondary N) is 1. The van der Waals surface area contributed by atoms with Crippen molar-refractivity contribution in [2.75, 3.05) is 26.8 Å². The predicted molar refractivity (Wildman–Crippen MR) is 63.2 cm³/mol. The molecule has 0 aliphatic carbocycles. The van der Waals surface area contributed by atoms with Gasteiger partial charge in [0.15, 0.2) is 5.76 Å². The number of hydrazine groups is 1. The van der Waals surface area contributed by atoms with Crippen LogP contribution in [0.25, 0.3) is 0 Å². The van der Waals surface area contributed by atoms with Crippen LogP contribution < -0.4 is 11.3 Å². The van der Waals surface area contributed by atoms with Crippen LogP contribution in [0.5, 0.6) is 0 Å². The number of amides is 1. The molecular weight excluding hydrogens is 222 g/mol. The van der Waals surface area contributed by atoms with Gasteiger partial charge in [-0.1, -0.05) is 6.92 Å². The minimum Gasteiger partial charge on any atom is -0.455 e. The maximum atomic E-state index is 11.2. The van der Waals surface area contributed by atoms with Crippen molar-refractivity contribution in [3.63, 3.8) is 0 Å². The number of hydrogen-bond donors (Lipinski definition) is 2. The zero-order valence-corrected chi connectivity index (χ0v) is 10.2. The molecule has 1 amide bonds. The van der Waals surface area contributed by atoms with Gasteiger partial charge in [0.05, 0.1) is 13.2 Å². The first kappa shape index (κ1) is 13.7. The molecule has 17 heavy (non-hydrogen) atoms. The van der Waals surface area contributed by atoms with E-state index in [1.54, 1.807) is 19.2 Å². The van der Waals surface area contributed by atoms with E-state index in [0.717, 1.165) is 18.8 Å². The number of methoxy groups -OCH3 is 1. The fraction of sp³-hybridized carbons (Fsp3) is 0.545. The van der Waals surface area contributed by atoms with Crippen molar-refractivity contribution < 1.29 is 13.9 Å². The third kappa shape index (κ3) is 4.18. The van der Waals surface area contributed by atoms with Crippen molar-refractivity contribution in [1.29, 1.82) is 0 Å². The molecule has 0 aliphatic rings.